The maximum atomic E-state index is 13.7. The van der Waals surface area contributed by atoms with E-state index in [4.69, 9.17) is 0 Å². The van der Waals surface area contributed by atoms with Crippen LogP contribution in [-0.4, -0.2) is 26.0 Å². The summed E-state index contributed by atoms with van der Waals surface area (Å²) in [4.78, 5) is 4.02. The number of aromatic nitrogens is 4. The van der Waals surface area contributed by atoms with Gasteiger partial charge in [0.25, 0.3) is 0 Å². The molecule has 0 aromatic carbocycles. The summed E-state index contributed by atoms with van der Waals surface area (Å²) in [7, 11) is 0. The lowest BCUT2D eigenvalue weighted by Crippen LogP contribution is -2.33. The molecule has 2 aromatic heterocycles. The topological polar surface area (TPSA) is 55.6 Å². The highest BCUT2D eigenvalue weighted by atomic mass is 19.1. The highest BCUT2D eigenvalue weighted by Gasteiger charge is 2.23. The van der Waals surface area contributed by atoms with Gasteiger partial charge in [0, 0.05) is 25.2 Å². The van der Waals surface area contributed by atoms with Crippen LogP contribution in [0, 0.1) is 5.82 Å². The van der Waals surface area contributed by atoms with E-state index in [1.807, 2.05) is 0 Å². The number of hydrogen-bond donors (Lipinski definition) is 1. The van der Waals surface area contributed by atoms with Gasteiger partial charge in [-0.1, -0.05) is 5.21 Å². The molecule has 3 rings (SSSR count). The molecule has 0 saturated carbocycles. The first-order chi connectivity index (χ1) is 8.25. The molecule has 1 unspecified atom stereocenters. The molecule has 0 aliphatic carbocycles. The summed E-state index contributed by atoms with van der Waals surface area (Å²) in [5, 5.41) is 11.3. The van der Waals surface area contributed by atoms with Crippen molar-refractivity contribution in [3.63, 3.8) is 0 Å². The van der Waals surface area contributed by atoms with E-state index in [1.54, 1.807) is 12.3 Å². The van der Waals surface area contributed by atoms with E-state index in [1.165, 1.54) is 10.7 Å². The van der Waals surface area contributed by atoms with Gasteiger partial charge in [-0.2, -0.15) is 4.68 Å². The monoisotopic (exact) mass is 233 g/mol. The molecule has 1 N–H and O–H groups in total. The molecular formula is C11H12FN5. The molecule has 0 saturated heterocycles. The summed E-state index contributed by atoms with van der Waals surface area (Å²) < 4.78 is 15.2. The molecule has 0 bridgehead atoms. The molecule has 0 spiro atoms. The molecule has 1 aliphatic rings. The zero-order chi connectivity index (χ0) is 11.8. The van der Waals surface area contributed by atoms with Gasteiger partial charge in [0.1, 0.15) is 5.69 Å². The van der Waals surface area contributed by atoms with Gasteiger partial charge in [0.05, 0.1) is 5.69 Å². The van der Waals surface area contributed by atoms with Crippen LogP contribution < -0.4 is 5.32 Å². The van der Waals surface area contributed by atoms with Crippen LogP contribution in [0.4, 0.5) is 4.39 Å². The molecule has 6 heteroatoms. The van der Waals surface area contributed by atoms with Gasteiger partial charge < -0.3 is 5.32 Å². The number of hydrogen-bond acceptors (Lipinski definition) is 4. The Morgan fingerprint density at radius 3 is 3.24 bits per heavy atom. The van der Waals surface area contributed by atoms with Crippen LogP contribution in [0.5, 0.6) is 0 Å². The van der Waals surface area contributed by atoms with Crippen molar-refractivity contribution in [3.8, 4) is 5.82 Å². The van der Waals surface area contributed by atoms with E-state index < -0.39 is 0 Å². The first-order valence-corrected chi connectivity index (χ1v) is 5.53. The van der Waals surface area contributed by atoms with Crippen LogP contribution >= 0.6 is 0 Å². The highest BCUT2D eigenvalue weighted by molar-refractivity contribution is 5.28. The molecule has 3 heterocycles. The summed E-state index contributed by atoms with van der Waals surface area (Å²) >= 11 is 0. The fourth-order valence-electron chi connectivity index (χ4n) is 2.01. The summed E-state index contributed by atoms with van der Waals surface area (Å²) in [6, 6.07) is 3.28. The number of halogens is 1. The summed E-state index contributed by atoms with van der Waals surface area (Å²) in [6.45, 7) is 2.75. The molecule has 17 heavy (non-hydrogen) atoms. The molecule has 5 nitrogen and oxygen atoms in total. The Morgan fingerprint density at radius 1 is 1.53 bits per heavy atom. The van der Waals surface area contributed by atoms with Crippen molar-refractivity contribution in [2.45, 2.75) is 25.9 Å². The summed E-state index contributed by atoms with van der Waals surface area (Å²) in [5.74, 6) is -0.165. The molecule has 1 atom stereocenters. The molecular weight excluding hydrogens is 221 g/mol. The van der Waals surface area contributed by atoms with Crippen molar-refractivity contribution in [1.82, 2.24) is 25.3 Å². The van der Waals surface area contributed by atoms with Crippen molar-refractivity contribution < 1.29 is 4.39 Å². The Labute approximate surface area is 97.7 Å². The maximum Gasteiger partial charge on any atom is 0.191 e. The number of pyridine rings is 1. The van der Waals surface area contributed by atoms with Crippen molar-refractivity contribution in [2.24, 2.45) is 0 Å². The normalized spacial score (nSPS) is 19.1. The number of fused-ring (bicyclic) bond motifs is 1. The Bertz CT molecular complexity index is 551. The van der Waals surface area contributed by atoms with Gasteiger partial charge in [-0.25, -0.2) is 9.37 Å². The first kappa shape index (κ1) is 10.3. The molecule has 2 aromatic rings. The third kappa shape index (κ3) is 1.70. The molecule has 0 radical (unpaired) electrons. The van der Waals surface area contributed by atoms with Crippen LogP contribution in [0.1, 0.15) is 18.3 Å². The Morgan fingerprint density at radius 2 is 2.41 bits per heavy atom. The van der Waals surface area contributed by atoms with Gasteiger partial charge in [-0.05, 0) is 19.1 Å². The van der Waals surface area contributed by atoms with Crippen molar-refractivity contribution in [2.75, 3.05) is 0 Å². The average molecular weight is 233 g/mol. The molecule has 0 amide bonds. The van der Waals surface area contributed by atoms with Gasteiger partial charge in [0.15, 0.2) is 11.6 Å². The smallest absolute Gasteiger partial charge is 0.191 e. The summed E-state index contributed by atoms with van der Waals surface area (Å²) in [6.07, 6.45) is 2.33. The third-order valence-corrected chi connectivity index (χ3v) is 2.90. The lowest BCUT2D eigenvalue weighted by atomic mass is 10.1. The number of nitrogens with one attached hydrogen (secondary N) is 1. The maximum absolute atomic E-state index is 13.7. The molecule has 0 fully saturated rings. The van der Waals surface area contributed by atoms with E-state index in [9.17, 15) is 4.39 Å². The average Bonchev–Trinajstić information content (AvgIpc) is 2.72. The van der Waals surface area contributed by atoms with Crippen LogP contribution in [0.2, 0.25) is 0 Å². The first-order valence-electron chi connectivity index (χ1n) is 5.53. The second-order valence-corrected chi connectivity index (χ2v) is 4.19. The van der Waals surface area contributed by atoms with E-state index in [0.29, 0.717) is 12.6 Å². The van der Waals surface area contributed by atoms with Gasteiger partial charge in [-0.3, -0.25) is 0 Å². The van der Waals surface area contributed by atoms with Gasteiger partial charge >= 0.3 is 0 Å². The van der Waals surface area contributed by atoms with Crippen molar-refractivity contribution in [1.29, 1.82) is 0 Å². The number of rotatable bonds is 1. The summed E-state index contributed by atoms with van der Waals surface area (Å²) in [5.41, 5.74) is 1.81. The van der Waals surface area contributed by atoms with E-state index in [-0.39, 0.29) is 11.6 Å². The van der Waals surface area contributed by atoms with Crippen molar-refractivity contribution in [3.05, 3.63) is 35.5 Å². The predicted molar refractivity (Wildman–Crippen MR) is 59.1 cm³/mol. The minimum atomic E-state index is -0.383. The molecule has 88 valence electrons. The highest BCUT2D eigenvalue weighted by Crippen LogP contribution is 2.18. The van der Waals surface area contributed by atoms with Crippen LogP contribution in [-0.2, 0) is 13.0 Å². The minimum Gasteiger partial charge on any atom is -0.308 e. The van der Waals surface area contributed by atoms with Gasteiger partial charge in [-0.15, -0.1) is 5.10 Å². The Kier molecular flexibility index (Phi) is 2.36. The number of nitrogens with zero attached hydrogens (tertiary/aromatic N) is 4. The second kappa shape index (κ2) is 3.89. The van der Waals surface area contributed by atoms with Crippen LogP contribution in [0.25, 0.3) is 5.82 Å². The van der Waals surface area contributed by atoms with E-state index >= 15 is 0 Å². The predicted octanol–water partition coefficient (Wildman–Crippen LogP) is 0.836. The Balaban J connectivity index is 2.11. The quantitative estimate of drug-likeness (QED) is 0.793. The zero-order valence-corrected chi connectivity index (χ0v) is 9.39. The van der Waals surface area contributed by atoms with Crippen LogP contribution in [0.15, 0.2) is 18.3 Å². The SMILES string of the molecule is CC1Cc2c(nnn2-c2ncccc2F)CN1. The lowest BCUT2D eigenvalue weighted by molar-refractivity contribution is 0.495. The van der Waals surface area contributed by atoms with Gasteiger partial charge in [0.2, 0.25) is 0 Å². The second-order valence-electron chi connectivity index (χ2n) is 4.19. The van der Waals surface area contributed by atoms with E-state index in [2.05, 4.69) is 27.5 Å². The standard InChI is InChI=1S/C11H12FN5/c1-7-5-10-9(6-14-7)15-16-17(10)11-8(12)3-2-4-13-11/h2-4,7,14H,5-6H2,1H3. The third-order valence-electron chi connectivity index (χ3n) is 2.90. The van der Waals surface area contributed by atoms with Crippen LogP contribution in [0.3, 0.4) is 0 Å². The Hall–Kier alpha value is -1.82. The van der Waals surface area contributed by atoms with E-state index in [0.717, 1.165) is 17.8 Å². The molecule has 1 aliphatic heterocycles. The fourth-order valence-corrected chi connectivity index (χ4v) is 2.01. The lowest BCUT2D eigenvalue weighted by Gasteiger charge is -2.19. The fraction of sp³-hybridized carbons (Fsp3) is 0.364. The zero-order valence-electron chi connectivity index (χ0n) is 9.39. The minimum absolute atomic E-state index is 0.218. The van der Waals surface area contributed by atoms with Crippen molar-refractivity contribution >= 4 is 0 Å². The largest absolute Gasteiger partial charge is 0.308 e.